The zero-order chi connectivity index (χ0) is 18.4. The van der Waals surface area contributed by atoms with E-state index in [1.165, 1.54) is 0 Å². The smallest absolute Gasteiger partial charge is 0.196 e. The number of hydrazine groups is 1. The van der Waals surface area contributed by atoms with E-state index in [1.807, 2.05) is 66.7 Å². The fourth-order valence-corrected chi connectivity index (χ4v) is 3.94. The molecule has 2 aliphatic heterocycles. The molecule has 27 heavy (non-hydrogen) atoms. The molecule has 0 saturated carbocycles. The molecule has 0 fully saturated rings. The summed E-state index contributed by atoms with van der Waals surface area (Å²) in [6.07, 6.45) is 1.94. The fraction of sp³-hybridized carbons (Fsp3) is 0.0909. The average Bonchev–Trinajstić information content (AvgIpc) is 3.13. The maximum absolute atomic E-state index is 6.34. The molecular weight excluding hydrogens is 379 g/mol. The molecule has 0 radical (unpaired) electrons. The van der Waals surface area contributed by atoms with Crippen LogP contribution in [0.15, 0.2) is 78.9 Å². The van der Waals surface area contributed by atoms with Gasteiger partial charge in [-0.2, -0.15) is 5.01 Å². The predicted molar refractivity (Wildman–Crippen MR) is 108 cm³/mol. The van der Waals surface area contributed by atoms with Gasteiger partial charge in [-0.25, -0.2) is 0 Å². The van der Waals surface area contributed by atoms with Gasteiger partial charge in [0.2, 0.25) is 0 Å². The Morgan fingerprint density at radius 2 is 1.67 bits per heavy atom. The molecule has 5 heteroatoms. The van der Waals surface area contributed by atoms with Gasteiger partial charge in [-0.15, -0.1) is 0 Å². The van der Waals surface area contributed by atoms with Crippen LogP contribution in [0.3, 0.4) is 0 Å². The predicted octanol–water partition coefficient (Wildman–Crippen LogP) is 5.99. The molecule has 3 aromatic carbocycles. The minimum absolute atomic E-state index is 0.0598. The van der Waals surface area contributed by atoms with Gasteiger partial charge in [-0.1, -0.05) is 65.7 Å². The number of halogens is 2. The van der Waals surface area contributed by atoms with Crippen molar-refractivity contribution < 1.29 is 4.74 Å². The first-order valence-electron chi connectivity index (χ1n) is 8.73. The third kappa shape index (κ3) is 2.98. The summed E-state index contributed by atoms with van der Waals surface area (Å²) in [7, 11) is 0. The Balaban J connectivity index is 1.58. The van der Waals surface area contributed by atoms with Crippen LogP contribution in [0.4, 0.5) is 0 Å². The molecule has 134 valence electrons. The third-order valence-electron chi connectivity index (χ3n) is 4.89. The quantitative estimate of drug-likeness (QED) is 0.577. The van der Waals surface area contributed by atoms with E-state index in [-0.39, 0.29) is 12.3 Å². The number of hydrogen-bond donors (Lipinski definition) is 1. The highest BCUT2D eigenvalue weighted by Crippen LogP contribution is 2.46. The Labute approximate surface area is 167 Å². The average molecular weight is 395 g/mol. The number of nitrogens with zero attached hydrogens (tertiary/aromatic N) is 1. The van der Waals surface area contributed by atoms with Gasteiger partial charge in [0, 0.05) is 21.2 Å². The number of benzene rings is 3. The summed E-state index contributed by atoms with van der Waals surface area (Å²) in [6, 6.07) is 23.8. The van der Waals surface area contributed by atoms with Crippen molar-refractivity contribution in [3.8, 4) is 5.75 Å². The maximum atomic E-state index is 6.34. The van der Waals surface area contributed by atoms with Gasteiger partial charge in [-0.3, -0.25) is 0 Å². The first kappa shape index (κ1) is 16.7. The Bertz CT molecular complexity index is 1030. The summed E-state index contributed by atoms with van der Waals surface area (Å²) >= 11 is 12.3. The van der Waals surface area contributed by atoms with Crippen LogP contribution in [0.5, 0.6) is 5.75 Å². The van der Waals surface area contributed by atoms with E-state index in [0.717, 1.165) is 33.2 Å². The summed E-state index contributed by atoms with van der Waals surface area (Å²) in [5.74, 6) is 0.888. The van der Waals surface area contributed by atoms with E-state index in [0.29, 0.717) is 5.02 Å². The largest absolute Gasteiger partial charge is 0.469 e. The fourth-order valence-electron chi connectivity index (χ4n) is 3.62. The zero-order valence-corrected chi connectivity index (χ0v) is 15.8. The summed E-state index contributed by atoms with van der Waals surface area (Å²) in [6.45, 7) is 0. The molecule has 0 unspecified atom stereocenters. The first-order valence-corrected chi connectivity index (χ1v) is 9.48. The van der Waals surface area contributed by atoms with Crippen molar-refractivity contribution in [2.24, 2.45) is 0 Å². The molecule has 0 saturated heterocycles. The van der Waals surface area contributed by atoms with Crippen molar-refractivity contribution in [3.05, 3.63) is 106 Å². The van der Waals surface area contributed by atoms with Gasteiger partial charge in [0.05, 0.1) is 11.7 Å². The van der Waals surface area contributed by atoms with E-state index in [9.17, 15) is 0 Å². The molecule has 5 rings (SSSR count). The lowest BCUT2D eigenvalue weighted by Gasteiger charge is -2.39. The summed E-state index contributed by atoms with van der Waals surface area (Å²) in [4.78, 5) is 0. The van der Waals surface area contributed by atoms with Crippen LogP contribution in [-0.4, -0.2) is 5.01 Å². The third-order valence-corrected chi connectivity index (χ3v) is 5.38. The van der Waals surface area contributed by atoms with Gasteiger partial charge in [-0.05, 0) is 42.0 Å². The van der Waals surface area contributed by atoms with Crippen molar-refractivity contribution in [2.75, 3.05) is 0 Å². The molecule has 0 aliphatic carbocycles. The number of rotatable bonds is 2. The molecule has 0 spiro atoms. The van der Waals surface area contributed by atoms with Crippen molar-refractivity contribution in [2.45, 2.75) is 12.3 Å². The van der Waals surface area contributed by atoms with Crippen LogP contribution in [-0.2, 0) is 0 Å². The number of fused-ring (bicyclic) bond motifs is 3. The summed E-state index contributed by atoms with van der Waals surface area (Å²) in [5, 5.41) is 3.54. The minimum Gasteiger partial charge on any atom is -0.469 e. The van der Waals surface area contributed by atoms with Crippen LogP contribution >= 0.6 is 23.2 Å². The highest BCUT2D eigenvalue weighted by atomic mass is 35.5. The van der Waals surface area contributed by atoms with E-state index < -0.39 is 0 Å². The molecule has 1 N–H and O–H groups in total. The van der Waals surface area contributed by atoms with Crippen LogP contribution < -0.4 is 10.2 Å². The van der Waals surface area contributed by atoms with Crippen molar-refractivity contribution >= 4 is 28.9 Å². The SMILES string of the molecule is Clc1ccc(C2=C[C@@H]3c4ccccc4O[C@@H](c4cccc(Cl)c4)N3N2)cc1. The van der Waals surface area contributed by atoms with Gasteiger partial charge >= 0.3 is 0 Å². The van der Waals surface area contributed by atoms with Gasteiger partial charge in [0.1, 0.15) is 5.75 Å². The van der Waals surface area contributed by atoms with Crippen LogP contribution in [0.25, 0.3) is 5.70 Å². The zero-order valence-electron chi connectivity index (χ0n) is 14.3. The van der Waals surface area contributed by atoms with E-state index in [1.54, 1.807) is 0 Å². The van der Waals surface area contributed by atoms with E-state index in [4.69, 9.17) is 27.9 Å². The molecule has 3 aromatic rings. The van der Waals surface area contributed by atoms with Crippen molar-refractivity contribution in [3.63, 3.8) is 0 Å². The number of ether oxygens (including phenoxy) is 1. The molecule has 2 heterocycles. The van der Waals surface area contributed by atoms with Crippen molar-refractivity contribution in [1.29, 1.82) is 0 Å². The molecular formula is C22H16Cl2N2O. The second-order valence-corrected chi connectivity index (χ2v) is 7.49. The second kappa shape index (κ2) is 6.61. The molecule has 0 amide bonds. The van der Waals surface area contributed by atoms with Crippen LogP contribution in [0, 0.1) is 0 Å². The first-order chi connectivity index (χ1) is 13.2. The standard InChI is InChI=1S/C22H16Cl2N2O/c23-16-10-8-14(9-11-16)19-13-20-18-6-1-2-7-21(18)27-22(26(20)25-19)15-4-3-5-17(24)12-15/h1-13,20,22,25H/t20-,22+/m1/s1. The molecule has 0 aromatic heterocycles. The number of nitrogens with one attached hydrogen (secondary N) is 1. The molecule has 0 bridgehead atoms. The van der Waals surface area contributed by atoms with Gasteiger partial charge in [0.25, 0.3) is 0 Å². The lowest BCUT2D eigenvalue weighted by atomic mass is 10.0. The molecule has 2 aliphatic rings. The monoisotopic (exact) mass is 394 g/mol. The van der Waals surface area contributed by atoms with Crippen LogP contribution in [0.1, 0.15) is 29.0 Å². The lowest BCUT2D eigenvalue weighted by molar-refractivity contribution is -0.0326. The van der Waals surface area contributed by atoms with E-state index >= 15 is 0 Å². The highest BCUT2D eigenvalue weighted by Gasteiger charge is 2.40. The van der Waals surface area contributed by atoms with Gasteiger partial charge < -0.3 is 10.2 Å². The van der Waals surface area contributed by atoms with Crippen molar-refractivity contribution in [1.82, 2.24) is 10.4 Å². The maximum Gasteiger partial charge on any atom is 0.196 e. The Morgan fingerprint density at radius 3 is 2.48 bits per heavy atom. The summed E-state index contributed by atoms with van der Waals surface area (Å²) in [5.41, 5.74) is 7.76. The Morgan fingerprint density at radius 1 is 0.852 bits per heavy atom. The molecule has 3 nitrogen and oxygen atoms in total. The van der Waals surface area contributed by atoms with Gasteiger partial charge in [0.15, 0.2) is 6.23 Å². The highest BCUT2D eigenvalue weighted by molar-refractivity contribution is 6.30. The normalized spacial score (nSPS) is 20.9. The Hall–Kier alpha value is -2.46. The number of hydrogen-bond acceptors (Lipinski definition) is 3. The topological polar surface area (TPSA) is 24.5 Å². The number of para-hydroxylation sites is 1. The lowest BCUT2D eigenvalue weighted by Crippen LogP contribution is -2.43. The minimum atomic E-state index is -0.287. The molecule has 2 atom stereocenters. The van der Waals surface area contributed by atoms with E-state index in [2.05, 4.69) is 22.6 Å². The second-order valence-electron chi connectivity index (χ2n) is 6.61. The summed E-state index contributed by atoms with van der Waals surface area (Å²) < 4.78 is 6.34. The van der Waals surface area contributed by atoms with Crippen LogP contribution in [0.2, 0.25) is 10.0 Å². The Kier molecular flexibility index (Phi) is 4.09.